The summed E-state index contributed by atoms with van der Waals surface area (Å²) in [5.41, 5.74) is -0.508. The van der Waals surface area contributed by atoms with E-state index >= 15 is 0 Å². The van der Waals surface area contributed by atoms with Crippen molar-refractivity contribution in [2.75, 3.05) is 4.72 Å². The van der Waals surface area contributed by atoms with Crippen LogP contribution in [-0.2, 0) is 10.0 Å². The first-order valence-corrected chi connectivity index (χ1v) is 8.19. The van der Waals surface area contributed by atoms with Crippen molar-refractivity contribution in [2.45, 2.75) is 0 Å². The van der Waals surface area contributed by atoms with Gasteiger partial charge in [0.05, 0.1) is 11.1 Å². The largest absolute Gasteiger partial charge is 0.478 e. The predicted octanol–water partition coefficient (Wildman–Crippen LogP) is 3.59. The minimum atomic E-state index is -4.01. The Hall–Kier alpha value is -2.38. The molecule has 8 heteroatoms. The van der Waals surface area contributed by atoms with Crippen LogP contribution in [0.2, 0.25) is 5.02 Å². The second-order valence-electron chi connectivity index (χ2n) is 4.47. The Morgan fingerprint density at radius 3 is 2.43 bits per heavy atom. The maximum Gasteiger partial charge on any atom is 0.340 e. The molecule has 0 saturated carbocycles. The van der Waals surface area contributed by atoms with Crippen molar-refractivity contribution in [3.05, 3.63) is 69.8 Å². The lowest BCUT2D eigenvalue weighted by Gasteiger charge is -2.08. The summed E-state index contributed by atoms with van der Waals surface area (Å²) < 4.78 is 39.5. The number of carbonyl (C=O) groups is 1. The third-order valence-electron chi connectivity index (χ3n) is 2.79. The number of carboxylic acids is 1. The van der Waals surface area contributed by atoms with Crippen LogP contribution in [-0.4, -0.2) is 19.5 Å². The van der Waals surface area contributed by atoms with E-state index in [2.05, 4.69) is 0 Å². The van der Waals surface area contributed by atoms with Gasteiger partial charge in [0.1, 0.15) is 11.4 Å². The minimum Gasteiger partial charge on any atom is -0.478 e. The van der Waals surface area contributed by atoms with Gasteiger partial charge in [-0.2, -0.15) is 0 Å². The number of sulfonamides is 1. The highest BCUT2D eigenvalue weighted by molar-refractivity contribution is 7.95. The molecule has 0 saturated heterocycles. The van der Waals surface area contributed by atoms with Gasteiger partial charge in [0.2, 0.25) is 0 Å². The average Bonchev–Trinajstić information content (AvgIpc) is 2.46. The van der Waals surface area contributed by atoms with E-state index in [1.807, 2.05) is 4.72 Å². The molecule has 0 aliphatic carbocycles. The topological polar surface area (TPSA) is 83.5 Å². The number of nitrogens with one attached hydrogen (secondary N) is 1. The predicted molar refractivity (Wildman–Crippen MR) is 86.4 cm³/mol. The van der Waals surface area contributed by atoms with Crippen LogP contribution in [0.3, 0.4) is 0 Å². The van der Waals surface area contributed by atoms with Gasteiger partial charge in [-0.15, -0.1) is 0 Å². The first-order valence-electron chi connectivity index (χ1n) is 6.27. The van der Waals surface area contributed by atoms with E-state index < -0.39 is 27.4 Å². The number of hydrogen-bond donors (Lipinski definition) is 2. The van der Waals surface area contributed by atoms with Gasteiger partial charge >= 0.3 is 5.97 Å². The van der Waals surface area contributed by atoms with Crippen LogP contribution in [0.25, 0.3) is 6.08 Å². The molecule has 0 spiro atoms. The number of carboxylic acid groups (broad SMARTS) is 1. The highest BCUT2D eigenvalue weighted by Gasteiger charge is 2.18. The summed E-state index contributed by atoms with van der Waals surface area (Å²) in [6.07, 6.45) is 1.30. The Morgan fingerprint density at radius 2 is 1.83 bits per heavy atom. The fourth-order valence-electron chi connectivity index (χ4n) is 1.76. The van der Waals surface area contributed by atoms with Crippen LogP contribution in [0.15, 0.2) is 47.9 Å². The zero-order valence-corrected chi connectivity index (χ0v) is 13.1. The Balaban J connectivity index is 2.27. The van der Waals surface area contributed by atoms with Crippen molar-refractivity contribution in [3.8, 4) is 0 Å². The van der Waals surface area contributed by atoms with Crippen LogP contribution in [0, 0.1) is 5.82 Å². The Kier molecular flexibility index (Phi) is 5.02. The summed E-state index contributed by atoms with van der Waals surface area (Å²) in [5.74, 6) is -2.60. The SMILES string of the molecule is O=C(O)c1c(F)cccc1NS(=O)(=O)/C=C/c1ccc(Cl)cc1. The van der Waals surface area contributed by atoms with E-state index in [0.717, 1.165) is 11.5 Å². The van der Waals surface area contributed by atoms with E-state index in [4.69, 9.17) is 16.7 Å². The van der Waals surface area contributed by atoms with E-state index in [1.54, 1.807) is 24.3 Å². The second-order valence-corrected chi connectivity index (χ2v) is 6.47. The summed E-state index contributed by atoms with van der Waals surface area (Å²) in [4.78, 5) is 11.0. The summed E-state index contributed by atoms with van der Waals surface area (Å²) in [5, 5.41) is 10.3. The molecule has 0 bridgehead atoms. The number of benzene rings is 2. The highest BCUT2D eigenvalue weighted by atomic mass is 35.5. The van der Waals surface area contributed by atoms with Gasteiger partial charge in [-0.25, -0.2) is 17.6 Å². The lowest BCUT2D eigenvalue weighted by atomic mass is 10.2. The third-order valence-corrected chi connectivity index (χ3v) is 4.04. The molecule has 0 fully saturated rings. The minimum absolute atomic E-state index is 0.349. The molecular formula is C15H11ClFNO4S. The maximum atomic E-state index is 13.5. The molecule has 0 atom stereocenters. The van der Waals surface area contributed by atoms with E-state index in [9.17, 15) is 17.6 Å². The molecule has 0 aliphatic rings. The lowest BCUT2D eigenvalue weighted by molar-refractivity contribution is 0.0693. The second kappa shape index (κ2) is 6.80. The molecule has 2 rings (SSSR count). The van der Waals surface area contributed by atoms with Crippen molar-refractivity contribution in [2.24, 2.45) is 0 Å². The lowest BCUT2D eigenvalue weighted by Crippen LogP contribution is -2.13. The Labute approximate surface area is 137 Å². The van der Waals surface area contributed by atoms with E-state index in [1.165, 1.54) is 18.2 Å². The van der Waals surface area contributed by atoms with Gasteiger partial charge in [-0.3, -0.25) is 4.72 Å². The van der Waals surface area contributed by atoms with Crippen molar-refractivity contribution < 1.29 is 22.7 Å². The normalized spacial score (nSPS) is 11.6. The molecule has 0 aliphatic heterocycles. The van der Waals surface area contributed by atoms with Crippen molar-refractivity contribution in [3.63, 3.8) is 0 Å². The van der Waals surface area contributed by atoms with Gasteiger partial charge in [-0.1, -0.05) is 29.8 Å². The quantitative estimate of drug-likeness (QED) is 0.858. The van der Waals surface area contributed by atoms with Gasteiger partial charge in [0.15, 0.2) is 0 Å². The van der Waals surface area contributed by atoms with Crippen LogP contribution in [0.4, 0.5) is 10.1 Å². The Morgan fingerprint density at radius 1 is 1.17 bits per heavy atom. The van der Waals surface area contributed by atoms with Crippen LogP contribution >= 0.6 is 11.6 Å². The first kappa shape index (κ1) is 17.0. The van der Waals surface area contributed by atoms with Crippen LogP contribution in [0.5, 0.6) is 0 Å². The maximum absolute atomic E-state index is 13.5. The number of anilines is 1. The van der Waals surface area contributed by atoms with Gasteiger partial charge in [0, 0.05) is 5.02 Å². The standard InChI is InChI=1S/C15H11ClFNO4S/c16-11-6-4-10(5-7-11)8-9-23(21,22)18-13-3-1-2-12(17)14(13)15(19)20/h1-9,18H,(H,19,20)/b9-8+. The first-order chi connectivity index (χ1) is 10.8. The molecule has 5 nitrogen and oxygen atoms in total. The molecule has 0 unspecified atom stereocenters. The number of aromatic carboxylic acids is 1. The highest BCUT2D eigenvalue weighted by Crippen LogP contribution is 2.21. The molecule has 23 heavy (non-hydrogen) atoms. The van der Waals surface area contributed by atoms with E-state index in [-0.39, 0.29) is 5.69 Å². The van der Waals surface area contributed by atoms with Crippen LogP contribution in [0.1, 0.15) is 15.9 Å². The van der Waals surface area contributed by atoms with Gasteiger partial charge < -0.3 is 5.11 Å². The summed E-state index contributed by atoms with van der Waals surface area (Å²) in [7, 11) is -4.01. The van der Waals surface area contributed by atoms with Gasteiger partial charge in [0.25, 0.3) is 10.0 Å². The Bertz CT molecular complexity index is 864. The van der Waals surface area contributed by atoms with Gasteiger partial charge in [-0.05, 0) is 35.9 Å². The smallest absolute Gasteiger partial charge is 0.340 e. The fourth-order valence-corrected chi connectivity index (χ4v) is 2.76. The summed E-state index contributed by atoms with van der Waals surface area (Å²) >= 11 is 5.73. The monoisotopic (exact) mass is 355 g/mol. The average molecular weight is 356 g/mol. The molecular weight excluding hydrogens is 345 g/mol. The molecule has 0 aromatic heterocycles. The molecule has 2 aromatic rings. The zero-order valence-electron chi connectivity index (χ0n) is 11.5. The summed E-state index contributed by atoms with van der Waals surface area (Å²) in [6.45, 7) is 0. The third kappa shape index (κ3) is 4.54. The van der Waals surface area contributed by atoms with Crippen molar-refractivity contribution in [1.29, 1.82) is 0 Å². The number of rotatable bonds is 5. The summed E-state index contributed by atoms with van der Waals surface area (Å²) in [6, 6.07) is 9.72. The molecule has 0 heterocycles. The molecule has 2 aromatic carbocycles. The number of halogens is 2. The van der Waals surface area contributed by atoms with Crippen LogP contribution < -0.4 is 4.72 Å². The van der Waals surface area contributed by atoms with E-state index in [0.29, 0.717) is 10.6 Å². The fraction of sp³-hybridized carbons (Fsp3) is 0. The molecule has 0 amide bonds. The molecule has 120 valence electrons. The van der Waals surface area contributed by atoms with Crippen molar-refractivity contribution >= 4 is 39.4 Å². The number of hydrogen-bond acceptors (Lipinski definition) is 3. The van der Waals surface area contributed by atoms with Crippen molar-refractivity contribution in [1.82, 2.24) is 0 Å². The molecule has 0 radical (unpaired) electrons. The zero-order chi connectivity index (χ0) is 17.0. The molecule has 2 N–H and O–H groups in total.